The van der Waals surface area contributed by atoms with Crippen molar-refractivity contribution < 1.29 is 9.18 Å². The largest absolute Gasteiger partial charge is 0.348 e. The summed E-state index contributed by atoms with van der Waals surface area (Å²) in [5, 5.41) is 2.89. The molecule has 24 heavy (non-hydrogen) atoms. The van der Waals surface area contributed by atoms with Crippen LogP contribution in [-0.4, -0.2) is 29.4 Å². The van der Waals surface area contributed by atoms with Crippen LogP contribution in [0.3, 0.4) is 0 Å². The zero-order chi connectivity index (χ0) is 17.5. The van der Waals surface area contributed by atoms with Crippen LogP contribution < -0.4 is 5.32 Å². The first-order valence-corrected chi connectivity index (χ1v) is 8.30. The lowest BCUT2D eigenvalue weighted by Crippen LogP contribution is -2.44. The zero-order valence-corrected chi connectivity index (χ0v) is 14.5. The fourth-order valence-corrected chi connectivity index (χ4v) is 2.62. The normalized spacial score (nSPS) is 12.4. The van der Waals surface area contributed by atoms with Crippen LogP contribution in [0.1, 0.15) is 36.7 Å². The summed E-state index contributed by atoms with van der Waals surface area (Å²) in [7, 11) is 0. The van der Waals surface area contributed by atoms with E-state index in [0.29, 0.717) is 12.6 Å². The number of carbonyl (C=O) groups excluding carboxylic acids is 1. The predicted molar refractivity (Wildman–Crippen MR) is 95.3 cm³/mol. The van der Waals surface area contributed by atoms with Crippen LogP contribution in [0.2, 0.25) is 0 Å². The second kappa shape index (κ2) is 8.60. The van der Waals surface area contributed by atoms with E-state index in [0.717, 1.165) is 6.54 Å². The van der Waals surface area contributed by atoms with Gasteiger partial charge >= 0.3 is 0 Å². The third kappa shape index (κ3) is 5.17. The van der Waals surface area contributed by atoms with Crippen LogP contribution in [0.5, 0.6) is 0 Å². The lowest BCUT2D eigenvalue weighted by molar-refractivity contribution is 0.0917. The Hall–Kier alpha value is -2.20. The second-order valence-corrected chi connectivity index (χ2v) is 6.36. The van der Waals surface area contributed by atoms with Crippen molar-refractivity contribution >= 4 is 5.91 Å². The summed E-state index contributed by atoms with van der Waals surface area (Å²) in [6.45, 7) is 7.73. The van der Waals surface area contributed by atoms with Gasteiger partial charge in [0.05, 0.1) is 5.56 Å². The van der Waals surface area contributed by atoms with E-state index in [1.807, 2.05) is 25.1 Å². The van der Waals surface area contributed by atoms with Crippen molar-refractivity contribution in [2.75, 3.05) is 6.54 Å². The molecule has 1 atom stereocenters. The number of rotatable bonds is 7. The molecular formula is C20H25FN2O. The molecule has 2 rings (SSSR count). The molecule has 2 aromatic carbocycles. The number of hydrogen-bond acceptors (Lipinski definition) is 2. The van der Waals surface area contributed by atoms with Gasteiger partial charge in [-0.05, 0) is 38.5 Å². The predicted octanol–water partition coefficient (Wildman–Crippen LogP) is 3.85. The number of nitrogens with one attached hydrogen (secondary N) is 1. The molecule has 0 spiro atoms. The fourth-order valence-electron chi connectivity index (χ4n) is 2.62. The number of benzene rings is 2. The molecule has 0 radical (unpaired) electrons. The van der Waals surface area contributed by atoms with E-state index in [-0.39, 0.29) is 17.5 Å². The van der Waals surface area contributed by atoms with Gasteiger partial charge in [0, 0.05) is 25.2 Å². The Bertz CT molecular complexity index is 658. The van der Waals surface area contributed by atoms with Gasteiger partial charge in [-0.1, -0.05) is 42.5 Å². The third-order valence-corrected chi connectivity index (χ3v) is 3.96. The van der Waals surface area contributed by atoms with Crippen molar-refractivity contribution in [3.63, 3.8) is 0 Å². The molecule has 0 aliphatic rings. The number of carbonyl (C=O) groups is 1. The molecule has 3 nitrogen and oxygen atoms in total. The van der Waals surface area contributed by atoms with Crippen LogP contribution in [-0.2, 0) is 6.54 Å². The van der Waals surface area contributed by atoms with Gasteiger partial charge in [0.15, 0.2) is 0 Å². The minimum atomic E-state index is -0.493. The van der Waals surface area contributed by atoms with E-state index < -0.39 is 5.82 Å². The maximum atomic E-state index is 13.7. The lowest BCUT2D eigenvalue weighted by atomic mass is 10.1. The molecule has 1 amide bonds. The quantitative estimate of drug-likeness (QED) is 0.837. The Kier molecular flexibility index (Phi) is 6.50. The number of halogens is 1. The standard InChI is InChI=1S/C20H25FN2O/c1-15(2)23(14-17-9-5-4-6-10-17)13-16(3)22-20(24)18-11-7-8-12-19(18)21/h4-12,15-16H,13-14H2,1-3H3,(H,22,24). The van der Waals surface area contributed by atoms with E-state index in [1.54, 1.807) is 12.1 Å². The number of nitrogens with zero attached hydrogens (tertiary/aromatic N) is 1. The van der Waals surface area contributed by atoms with Crippen LogP contribution in [0.25, 0.3) is 0 Å². The minimum Gasteiger partial charge on any atom is -0.348 e. The molecule has 0 heterocycles. The number of amides is 1. The molecule has 0 saturated heterocycles. The smallest absolute Gasteiger partial charge is 0.254 e. The van der Waals surface area contributed by atoms with Gasteiger partial charge in [0.25, 0.3) is 5.91 Å². The Morgan fingerprint density at radius 1 is 1.04 bits per heavy atom. The SMILES string of the molecule is CC(CN(Cc1ccccc1)C(C)C)NC(=O)c1ccccc1F. The van der Waals surface area contributed by atoms with E-state index >= 15 is 0 Å². The van der Waals surface area contributed by atoms with Crippen molar-refractivity contribution in [2.45, 2.75) is 39.4 Å². The summed E-state index contributed by atoms with van der Waals surface area (Å²) in [5.74, 6) is -0.865. The van der Waals surface area contributed by atoms with Gasteiger partial charge in [-0.25, -0.2) is 4.39 Å². The molecule has 0 fully saturated rings. The molecule has 0 saturated carbocycles. The molecule has 1 N–H and O–H groups in total. The summed E-state index contributed by atoms with van der Waals surface area (Å²) in [5.41, 5.74) is 1.32. The third-order valence-electron chi connectivity index (χ3n) is 3.96. The van der Waals surface area contributed by atoms with Crippen LogP contribution in [0, 0.1) is 5.82 Å². The van der Waals surface area contributed by atoms with Crippen LogP contribution in [0.4, 0.5) is 4.39 Å². The van der Waals surface area contributed by atoms with Gasteiger partial charge in [-0.2, -0.15) is 0 Å². The van der Waals surface area contributed by atoms with E-state index in [9.17, 15) is 9.18 Å². The number of hydrogen-bond donors (Lipinski definition) is 1. The molecular weight excluding hydrogens is 303 g/mol. The van der Waals surface area contributed by atoms with Gasteiger partial charge in [0.2, 0.25) is 0 Å². The first-order valence-electron chi connectivity index (χ1n) is 8.30. The summed E-state index contributed by atoms with van der Waals surface area (Å²) < 4.78 is 13.7. The Morgan fingerprint density at radius 2 is 1.67 bits per heavy atom. The van der Waals surface area contributed by atoms with Crippen molar-refractivity contribution in [1.29, 1.82) is 0 Å². The molecule has 0 aliphatic carbocycles. The molecule has 4 heteroatoms. The Labute approximate surface area is 143 Å². The van der Waals surface area contributed by atoms with Crippen LogP contribution >= 0.6 is 0 Å². The molecule has 1 unspecified atom stereocenters. The van der Waals surface area contributed by atoms with Gasteiger partial charge in [-0.15, -0.1) is 0 Å². The summed E-state index contributed by atoms with van der Waals surface area (Å²) in [4.78, 5) is 14.5. The summed E-state index contributed by atoms with van der Waals surface area (Å²) in [6.07, 6.45) is 0. The maximum Gasteiger partial charge on any atom is 0.254 e. The maximum absolute atomic E-state index is 13.7. The average Bonchev–Trinajstić information content (AvgIpc) is 2.55. The van der Waals surface area contributed by atoms with Crippen molar-refractivity contribution in [3.8, 4) is 0 Å². The first-order chi connectivity index (χ1) is 11.5. The van der Waals surface area contributed by atoms with Crippen molar-refractivity contribution in [2.24, 2.45) is 0 Å². The highest BCUT2D eigenvalue weighted by molar-refractivity contribution is 5.94. The molecule has 128 valence electrons. The van der Waals surface area contributed by atoms with Crippen LogP contribution in [0.15, 0.2) is 54.6 Å². The van der Waals surface area contributed by atoms with Gasteiger partial charge in [-0.3, -0.25) is 9.69 Å². The molecule has 0 aromatic heterocycles. The van der Waals surface area contributed by atoms with Crippen molar-refractivity contribution in [1.82, 2.24) is 10.2 Å². The van der Waals surface area contributed by atoms with Gasteiger partial charge in [0.1, 0.15) is 5.82 Å². The molecule has 0 aliphatic heterocycles. The summed E-state index contributed by atoms with van der Waals surface area (Å²) in [6, 6.07) is 16.6. The highest BCUT2D eigenvalue weighted by atomic mass is 19.1. The first kappa shape index (κ1) is 18.1. The minimum absolute atomic E-state index is 0.0804. The highest BCUT2D eigenvalue weighted by Crippen LogP contribution is 2.10. The molecule has 0 bridgehead atoms. The van der Waals surface area contributed by atoms with E-state index in [2.05, 4.69) is 36.2 Å². The van der Waals surface area contributed by atoms with E-state index in [4.69, 9.17) is 0 Å². The lowest BCUT2D eigenvalue weighted by Gasteiger charge is -2.29. The van der Waals surface area contributed by atoms with Crippen molar-refractivity contribution in [3.05, 3.63) is 71.5 Å². The Morgan fingerprint density at radius 3 is 2.29 bits per heavy atom. The molecule has 2 aromatic rings. The zero-order valence-electron chi connectivity index (χ0n) is 14.5. The fraction of sp³-hybridized carbons (Fsp3) is 0.350. The highest BCUT2D eigenvalue weighted by Gasteiger charge is 2.17. The topological polar surface area (TPSA) is 32.3 Å². The summed E-state index contributed by atoms with van der Waals surface area (Å²) >= 11 is 0. The van der Waals surface area contributed by atoms with E-state index in [1.165, 1.54) is 17.7 Å². The monoisotopic (exact) mass is 328 g/mol. The van der Waals surface area contributed by atoms with Gasteiger partial charge < -0.3 is 5.32 Å². The average molecular weight is 328 g/mol. The Balaban J connectivity index is 1.97. The second-order valence-electron chi connectivity index (χ2n) is 6.36.